The molecule has 1 aliphatic carbocycles. The first kappa shape index (κ1) is 14.7. The molecule has 2 aliphatic rings. The molecule has 2 fully saturated rings. The van der Waals surface area contributed by atoms with Crippen molar-refractivity contribution in [2.24, 2.45) is 0 Å². The van der Waals surface area contributed by atoms with Crippen LogP contribution in [0, 0.1) is 0 Å². The van der Waals surface area contributed by atoms with Crippen LogP contribution in [0.15, 0.2) is 35.0 Å². The molecule has 0 spiro atoms. The Bertz CT molecular complexity index is 924. The summed E-state index contributed by atoms with van der Waals surface area (Å²) >= 11 is 0. The van der Waals surface area contributed by atoms with Gasteiger partial charge in [0.1, 0.15) is 6.04 Å². The minimum absolute atomic E-state index is 0.0355. The highest BCUT2D eigenvalue weighted by molar-refractivity contribution is 6.06. The molecule has 1 amide bonds. The van der Waals surface area contributed by atoms with Crippen LogP contribution < -0.4 is 0 Å². The van der Waals surface area contributed by atoms with Gasteiger partial charge in [-0.1, -0.05) is 23.4 Å². The Hall–Kier alpha value is -2.63. The van der Waals surface area contributed by atoms with Crippen molar-refractivity contribution in [3.63, 3.8) is 0 Å². The van der Waals surface area contributed by atoms with Gasteiger partial charge in [0.15, 0.2) is 5.82 Å². The Morgan fingerprint density at radius 1 is 1.20 bits per heavy atom. The van der Waals surface area contributed by atoms with Gasteiger partial charge in [-0.25, -0.2) is 0 Å². The second-order valence-electron chi connectivity index (χ2n) is 7.02. The first-order valence-corrected chi connectivity index (χ1v) is 9.02. The Morgan fingerprint density at radius 2 is 2.08 bits per heavy atom. The molecule has 0 radical (unpaired) electrons. The number of rotatable bonds is 3. The molecule has 25 heavy (non-hydrogen) atoms. The van der Waals surface area contributed by atoms with Crippen LogP contribution in [0.2, 0.25) is 0 Å². The minimum Gasteiger partial charge on any atom is -0.360 e. The molecular formula is C19H20N4O2. The van der Waals surface area contributed by atoms with E-state index in [0.29, 0.717) is 17.4 Å². The van der Waals surface area contributed by atoms with E-state index >= 15 is 0 Å². The smallest absolute Gasteiger partial charge is 0.256 e. The van der Waals surface area contributed by atoms with Gasteiger partial charge in [0, 0.05) is 29.6 Å². The summed E-state index contributed by atoms with van der Waals surface area (Å²) in [5, 5.41) is 5.09. The maximum atomic E-state index is 13.2. The third kappa shape index (κ3) is 2.52. The maximum absolute atomic E-state index is 13.2. The van der Waals surface area contributed by atoms with Crippen LogP contribution in [0.3, 0.4) is 0 Å². The summed E-state index contributed by atoms with van der Waals surface area (Å²) in [7, 11) is 0. The van der Waals surface area contributed by atoms with Crippen molar-refractivity contribution < 1.29 is 9.32 Å². The molecule has 3 aromatic rings. The summed E-state index contributed by atoms with van der Waals surface area (Å²) in [5.74, 6) is 1.89. The van der Waals surface area contributed by atoms with Gasteiger partial charge in [-0.05, 0) is 38.2 Å². The second kappa shape index (κ2) is 5.72. The number of para-hydroxylation sites is 1. The van der Waals surface area contributed by atoms with Crippen LogP contribution in [0.25, 0.3) is 10.9 Å². The number of carbonyl (C=O) groups excluding carboxylic acids is 1. The van der Waals surface area contributed by atoms with E-state index in [1.807, 2.05) is 35.4 Å². The number of nitrogens with zero attached hydrogens (tertiary/aromatic N) is 3. The zero-order valence-electron chi connectivity index (χ0n) is 13.9. The molecule has 1 N–H and O–H groups in total. The average Bonchev–Trinajstić information content (AvgIpc) is 3.23. The Kier molecular flexibility index (Phi) is 3.36. The lowest BCUT2D eigenvalue weighted by molar-refractivity contribution is 0.0563. The fourth-order valence-corrected chi connectivity index (χ4v) is 3.72. The molecule has 128 valence electrons. The summed E-state index contributed by atoms with van der Waals surface area (Å²) in [5.41, 5.74) is 1.69. The van der Waals surface area contributed by atoms with Crippen molar-refractivity contribution in [3.05, 3.63) is 47.7 Å². The molecule has 3 heterocycles. The van der Waals surface area contributed by atoms with Crippen molar-refractivity contribution in [1.29, 1.82) is 0 Å². The number of aromatic nitrogens is 3. The molecule has 1 atom stereocenters. The van der Waals surface area contributed by atoms with Gasteiger partial charge in [0.25, 0.3) is 5.91 Å². The van der Waals surface area contributed by atoms with E-state index in [1.54, 1.807) is 0 Å². The number of hydrogen-bond donors (Lipinski definition) is 1. The quantitative estimate of drug-likeness (QED) is 0.789. The molecule has 1 aliphatic heterocycles. The molecule has 1 aromatic carbocycles. The lowest BCUT2D eigenvalue weighted by Gasteiger charge is -2.33. The molecule has 6 heteroatoms. The molecular weight excluding hydrogens is 316 g/mol. The van der Waals surface area contributed by atoms with Gasteiger partial charge < -0.3 is 14.4 Å². The number of amides is 1. The highest BCUT2D eigenvalue weighted by atomic mass is 16.5. The normalized spacial score (nSPS) is 21.0. The number of fused-ring (bicyclic) bond motifs is 1. The summed E-state index contributed by atoms with van der Waals surface area (Å²) in [4.78, 5) is 22.9. The van der Waals surface area contributed by atoms with Gasteiger partial charge in [-0.3, -0.25) is 4.79 Å². The molecule has 0 bridgehead atoms. The highest BCUT2D eigenvalue weighted by Gasteiger charge is 2.35. The van der Waals surface area contributed by atoms with E-state index < -0.39 is 0 Å². The fourth-order valence-electron chi connectivity index (χ4n) is 3.72. The van der Waals surface area contributed by atoms with Gasteiger partial charge in [-0.2, -0.15) is 4.98 Å². The van der Waals surface area contributed by atoms with E-state index in [2.05, 4.69) is 15.1 Å². The first-order chi connectivity index (χ1) is 12.3. The van der Waals surface area contributed by atoms with Gasteiger partial charge in [0.05, 0.1) is 5.56 Å². The van der Waals surface area contributed by atoms with Crippen LogP contribution in [0.1, 0.15) is 66.1 Å². The fraction of sp³-hybridized carbons (Fsp3) is 0.421. The van der Waals surface area contributed by atoms with Gasteiger partial charge >= 0.3 is 0 Å². The largest absolute Gasteiger partial charge is 0.360 e. The molecule has 1 saturated heterocycles. The average molecular weight is 336 g/mol. The van der Waals surface area contributed by atoms with Crippen LogP contribution in [0.5, 0.6) is 0 Å². The Morgan fingerprint density at radius 3 is 2.96 bits per heavy atom. The zero-order chi connectivity index (χ0) is 16.8. The lowest BCUT2D eigenvalue weighted by atomic mass is 10.0. The van der Waals surface area contributed by atoms with Gasteiger partial charge in [-0.15, -0.1) is 0 Å². The number of nitrogens with one attached hydrogen (secondary N) is 1. The van der Waals surface area contributed by atoms with Crippen LogP contribution >= 0.6 is 0 Å². The second-order valence-corrected chi connectivity index (χ2v) is 7.02. The van der Waals surface area contributed by atoms with E-state index in [0.717, 1.165) is 55.4 Å². The number of benzene rings is 1. The summed E-state index contributed by atoms with van der Waals surface area (Å²) < 4.78 is 5.53. The van der Waals surface area contributed by atoms with Crippen molar-refractivity contribution in [2.45, 2.75) is 44.1 Å². The van der Waals surface area contributed by atoms with Crippen LogP contribution in [-0.4, -0.2) is 32.5 Å². The lowest BCUT2D eigenvalue weighted by Crippen LogP contribution is -2.38. The zero-order valence-corrected chi connectivity index (χ0v) is 13.9. The highest BCUT2D eigenvalue weighted by Crippen LogP contribution is 2.40. The van der Waals surface area contributed by atoms with E-state index in [1.165, 1.54) is 0 Å². The Labute approximate surface area is 145 Å². The number of H-pyrrole nitrogens is 1. The summed E-state index contributed by atoms with van der Waals surface area (Å²) in [6.07, 6.45) is 7.05. The number of piperidine rings is 1. The number of carbonyl (C=O) groups is 1. The minimum atomic E-state index is -0.116. The molecule has 1 saturated carbocycles. The number of hydrogen-bond acceptors (Lipinski definition) is 4. The SMILES string of the molecule is O=C(c1c[nH]c2ccccc12)N1CCCCC1c1nc(C2CC2)no1. The monoisotopic (exact) mass is 336 g/mol. The Balaban J connectivity index is 1.48. The van der Waals surface area contributed by atoms with E-state index in [-0.39, 0.29) is 11.9 Å². The number of likely N-dealkylation sites (tertiary alicyclic amines) is 1. The third-order valence-corrected chi connectivity index (χ3v) is 5.27. The molecule has 6 nitrogen and oxygen atoms in total. The molecule has 5 rings (SSSR count). The van der Waals surface area contributed by atoms with E-state index in [9.17, 15) is 4.79 Å². The molecule has 2 aromatic heterocycles. The topological polar surface area (TPSA) is 75.0 Å². The summed E-state index contributed by atoms with van der Waals surface area (Å²) in [6, 6.07) is 7.78. The van der Waals surface area contributed by atoms with Crippen LogP contribution in [-0.2, 0) is 0 Å². The van der Waals surface area contributed by atoms with Crippen molar-refractivity contribution in [1.82, 2.24) is 20.0 Å². The van der Waals surface area contributed by atoms with Crippen LogP contribution in [0.4, 0.5) is 0 Å². The van der Waals surface area contributed by atoms with Crippen molar-refractivity contribution in [2.75, 3.05) is 6.54 Å². The molecule has 1 unspecified atom stereocenters. The van der Waals surface area contributed by atoms with Crippen molar-refractivity contribution in [3.8, 4) is 0 Å². The third-order valence-electron chi connectivity index (χ3n) is 5.27. The number of aromatic amines is 1. The van der Waals surface area contributed by atoms with Gasteiger partial charge in [0.2, 0.25) is 5.89 Å². The maximum Gasteiger partial charge on any atom is 0.256 e. The standard InChI is InChI=1S/C19H20N4O2/c24-19(14-11-20-15-6-2-1-5-13(14)15)23-10-4-3-7-16(23)18-21-17(22-25-18)12-8-9-12/h1-2,5-6,11-12,16,20H,3-4,7-10H2. The predicted octanol–water partition coefficient (Wildman–Crippen LogP) is 3.80. The van der Waals surface area contributed by atoms with E-state index in [4.69, 9.17) is 4.52 Å². The predicted molar refractivity (Wildman–Crippen MR) is 92.2 cm³/mol. The summed E-state index contributed by atoms with van der Waals surface area (Å²) in [6.45, 7) is 0.726. The van der Waals surface area contributed by atoms with Crippen molar-refractivity contribution >= 4 is 16.8 Å². The first-order valence-electron chi connectivity index (χ1n) is 9.02.